The minimum atomic E-state index is -0.539. The van der Waals surface area contributed by atoms with Crippen LogP contribution in [0.5, 0.6) is 5.75 Å². The van der Waals surface area contributed by atoms with Crippen LogP contribution in [0.4, 0.5) is 9.93 Å². The average Bonchev–Trinajstić information content (AvgIpc) is 3.12. The predicted octanol–water partition coefficient (Wildman–Crippen LogP) is 2.99. The fourth-order valence-electron chi connectivity index (χ4n) is 3.42. The van der Waals surface area contributed by atoms with Gasteiger partial charge in [-0.05, 0) is 30.4 Å². The number of anilines is 1. The lowest BCUT2D eigenvalue weighted by Gasteiger charge is -2.24. The van der Waals surface area contributed by atoms with E-state index in [2.05, 4.69) is 16.4 Å². The monoisotopic (exact) mass is 393 g/mol. The first-order chi connectivity index (χ1) is 13.2. The number of thiazole rings is 1. The van der Waals surface area contributed by atoms with E-state index in [9.17, 15) is 4.79 Å². The second-order valence-electron chi connectivity index (χ2n) is 6.49. The molecule has 0 aliphatic carbocycles. The van der Waals surface area contributed by atoms with Crippen molar-refractivity contribution in [2.45, 2.75) is 18.8 Å². The summed E-state index contributed by atoms with van der Waals surface area (Å²) in [5, 5.41) is 4.84. The van der Waals surface area contributed by atoms with E-state index in [1.54, 1.807) is 12.2 Å². The maximum absolute atomic E-state index is 12.2. The second kappa shape index (κ2) is 8.39. The van der Waals surface area contributed by atoms with E-state index in [0.717, 1.165) is 36.3 Å². The Morgan fingerprint density at radius 3 is 2.70 bits per heavy atom. The van der Waals surface area contributed by atoms with Gasteiger partial charge in [-0.2, -0.15) is 0 Å². The summed E-state index contributed by atoms with van der Waals surface area (Å²) >= 11 is 1.45. The number of methoxy groups -OCH3 is 1. The van der Waals surface area contributed by atoms with Crippen molar-refractivity contribution in [1.82, 2.24) is 10.0 Å². The molecule has 8 nitrogen and oxygen atoms in total. The summed E-state index contributed by atoms with van der Waals surface area (Å²) in [6, 6.07) is 4.05. The first-order valence-corrected chi connectivity index (χ1v) is 9.93. The van der Waals surface area contributed by atoms with E-state index in [-0.39, 0.29) is 0 Å². The van der Waals surface area contributed by atoms with Crippen molar-refractivity contribution >= 4 is 32.8 Å². The lowest BCUT2D eigenvalue weighted by atomic mass is 9.91. The van der Waals surface area contributed by atoms with Crippen molar-refractivity contribution in [3.63, 3.8) is 0 Å². The van der Waals surface area contributed by atoms with E-state index in [1.165, 1.54) is 16.9 Å². The van der Waals surface area contributed by atoms with Crippen LogP contribution < -0.4 is 10.1 Å². The molecule has 2 aromatic rings. The molecule has 146 valence electrons. The maximum atomic E-state index is 12.2. The van der Waals surface area contributed by atoms with Crippen LogP contribution >= 0.6 is 11.3 Å². The minimum absolute atomic E-state index is 0.431. The van der Waals surface area contributed by atoms with Gasteiger partial charge >= 0.3 is 6.09 Å². The highest BCUT2D eigenvalue weighted by atomic mass is 32.1. The number of aromatic nitrogens is 1. The summed E-state index contributed by atoms with van der Waals surface area (Å²) in [5.41, 5.74) is 2.01. The molecule has 0 radical (unpaired) electrons. The van der Waals surface area contributed by atoms with Crippen LogP contribution in [0.25, 0.3) is 10.2 Å². The molecule has 2 aliphatic rings. The maximum Gasteiger partial charge on any atom is 0.432 e. The smallest absolute Gasteiger partial charge is 0.432 e. The zero-order chi connectivity index (χ0) is 18.6. The molecule has 2 fully saturated rings. The summed E-state index contributed by atoms with van der Waals surface area (Å²) in [4.78, 5) is 22.1. The van der Waals surface area contributed by atoms with Gasteiger partial charge in [0.25, 0.3) is 0 Å². The largest absolute Gasteiger partial charge is 0.494 e. The van der Waals surface area contributed by atoms with Gasteiger partial charge in [0, 0.05) is 13.2 Å². The van der Waals surface area contributed by atoms with Crippen LogP contribution in [0, 0.1) is 0 Å². The van der Waals surface area contributed by atoms with Crippen LogP contribution in [0.2, 0.25) is 0 Å². The molecule has 2 saturated heterocycles. The number of hydrogen-bond donors (Lipinski definition) is 1. The van der Waals surface area contributed by atoms with Crippen molar-refractivity contribution in [3.05, 3.63) is 17.7 Å². The quantitative estimate of drug-likeness (QED) is 0.855. The molecule has 1 aromatic heterocycles. The minimum Gasteiger partial charge on any atom is -0.494 e. The van der Waals surface area contributed by atoms with Crippen LogP contribution in [-0.2, 0) is 14.3 Å². The van der Waals surface area contributed by atoms with Crippen molar-refractivity contribution in [3.8, 4) is 5.75 Å². The third-order valence-electron chi connectivity index (χ3n) is 4.81. The van der Waals surface area contributed by atoms with Crippen LogP contribution in [0.3, 0.4) is 0 Å². The zero-order valence-electron chi connectivity index (χ0n) is 15.2. The van der Waals surface area contributed by atoms with Crippen LogP contribution in [-0.4, -0.2) is 62.8 Å². The number of amides is 1. The number of ether oxygens (including phenoxy) is 3. The Hall–Kier alpha value is -1.94. The van der Waals surface area contributed by atoms with Gasteiger partial charge in [-0.25, -0.2) is 9.78 Å². The lowest BCUT2D eigenvalue weighted by Crippen LogP contribution is -2.39. The molecular formula is C18H23N3O5S. The van der Waals surface area contributed by atoms with Crippen molar-refractivity contribution in [2.75, 3.05) is 51.9 Å². The zero-order valence-corrected chi connectivity index (χ0v) is 16.0. The normalized spacial score (nSPS) is 19.1. The first kappa shape index (κ1) is 18.4. The van der Waals surface area contributed by atoms with Gasteiger partial charge in [0.1, 0.15) is 11.3 Å². The molecular weight excluding hydrogens is 370 g/mol. The third-order valence-corrected chi connectivity index (χ3v) is 5.83. The van der Waals surface area contributed by atoms with E-state index in [0.29, 0.717) is 43.1 Å². The number of hydrogen-bond acceptors (Lipinski definition) is 8. The highest BCUT2D eigenvalue weighted by Gasteiger charge is 2.23. The van der Waals surface area contributed by atoms with Crippen LogP contribution in [0.15, 0.2) is 12.1 Å². The van der Waals surface area contributed by atoms with Crippen molar-refractivity contribution in [1.29, 1.82) is 0 Å². The van der Waals surface area contributed by atoms with E-state index >= 15 is 0 Å². The number of benzene rings is 1. The lowest BCUT2D eigenvalue weighted by molar-refractivity contribution is -0.142. The number of rotatable bonds is 4. The Bertz CT molecular complexity index is 800. The number of morpholine rings is 1. The van der Waals surface area contributed by atoms with E-state index in [4.69, 9.17) is 19.0 Å². The summed E-state index contributed by atoms with van der Waals surface area (Å²) in [5.74, 6) is 1.13. The number of nitrogens with zero attached hydrogens (tertiary/aromatic N) is 2. The molecule has 3 heterocycles. The van der Waals surface area contributed by atoms with Gasteiger partial charge in [0.05, 0.1) is 38.1 Å². The molecule has 2 aliphatic heterocycles. The fourth-order valence-corrected chi connectivity index (χ4v) is 4.48. The highest BCUT2D eigenvalue weighted by molar-refractivity contribution is 7.22. The summed E-state index contributed by atoms with van der Waals surface area (Å²) in [7, 11) is 1.63. The number of carbonyl (C=O) groups is 1. The van der Waals surface area contributed by atoms with Gasteiger partial charge in [0.2, 0.25) is 0 Å². The van der Waals surface area contributed by atoms with E-state index in [1.807, 2.05) is 6.07 Å². The Morgan fingerprint density at radius 1 is 1.22 bits per heavy atom. The molecule has 4 rings (SSSR count). The number of carbonyl (C=O) groups excluding carboxylic acids is 1. The highest BCUT2D eigenvalue weighted by Crippen LogP contribution is 2.40. The Balaban J connectivity index is 1.55. The second-order valence-corrected chi connectivity index (χ2v) is 7.48. The summed E-state index contributed by atoms with van der Waals surface area (Å²) in [6.07, 6.45) is 1.44. The standard InChI is InChI=1S/C18H23N3O5S/c1-23-14-3-2-13(12-4-8-24-9-5-12)16-15(14)19-17(27-16)20-18(22)26-21-6-10-25-11-7-21/h2-3,12H,4-11H2,1H3,(H,19,20,22). The summed E-state index contributed by atoms with van der Waals surface area (Å²) < 4.78 is 17.2. The van der Waals surface area contributed by atoms with Gasteiger partial charge in [-0.3, -0.25) is 5.32 Å². The molecule has 0 atom stereocenters. The predicted molar refractivity (Wildman–Crippen MR) is 101 cm³/mol. The number of fused-ring (bicyclic) bond motifs is 1. The summed E-state index contributed by atoms with van der Waals surface area (Å²) in [6.45, 7) is 3.78. The molecule has 0 bridgehead atoms. The molecule has 1 amide bonds. The Kier molecular flexibility index (Phi) is 5.72. The molecule has 9 heteroatoms. The van der Waals surface area contributed by atoms with Gasteiger partial charge in [0.15, 0.2) is 5.13 Å². The Labute approximate surface area is 161 Å². The van der Waals surface area contributed by atoms with Gasteiger partial charge < -0.3 is 19.0 Å². The third kappa shape index (κ3) is 4.16. The average molecular weight is 393 g/mol. The van der Waals surface area contributed by atoms with Gasteiger partial charge in [-0.1, -0.05) is 17.4 Å². The Morgan fingerprint density at radius 2 is 1.96 bits per heavy atom. The van der Waals surface area contributed by atoms with E-state index < -0.39 is 6.09 Å². The first-order valence-electron chi connectivity index (χ1n) is 9.11. The molecule has 27 heavy (non-hydrogen) atoms. The van der Waals surface area contributed by atoms with Crippen LogP contribution in [0.1, 0.15) is 24.3 Å². The fraction of sp³-hybridized carbons (Fsp3) is 0.556. The van der Waals surface area contributed by atoms with Gasteiger partial charge in [-0.15, -0.1) is 5.06 Å². The topological polar surface area (TPSA) is 82.2 Å². The molecule has 0 saturated carbocycles. The molecule has 0 spiro atoms. The number of hydroxylamine groups is 2. The molecule has 1 N–H and O–H groups in total. The molecule has 0 unspecified atom stereocenters. The number of nitrogens with one attached hydrogen (secondary N) is 1. The van der Waals surface area contributed by atoms with Crippen molar-refractivity contribution in [2.24, 2.45) is 0 Å². The molecule has 1 aromatic carbocycles. The van der Waals surface area contributed by atoms with Crippen molar-refractivity contribution < 1.29 is 23.8 Å². The SMILES string of the molecule is COc1ccc(C2CCOCC2)c2sc(NC(=O)ON3CCOCC3)nc12.